The van der Waals surface area contributed by atoms with Crippen LogP contribution < -0.4 is 0 Å². The Balaban J connectivity index is 1.61. The molecule has 1 unspecified atom stereocenters. The molecule has 8 heteroatoms. The number of hydrogen-bond acceptors (Lipinski definition) is 2. The van der Waals surface area contributed by atoms with Crippen molar-refractivity contribution in [1.82, 2.24) is 14.3 Å². The molecule has 34 heavy (non-hydrogen) atoms. The number of alkyl halides is 3. The van der Waals surface area contributed by atoms with E-state index in [1.54, 1.807) is 13.0 Å². The van der Waals surface area contributed by atoms with E-state index in [1.165, 1.54) is 57.9 Å². The molecule has 5 rings (SSSR count). The lowest BCUT2D eigenvalue weighted by Crippen LogP contribution is -2.46. The fraction of sp³-hybridized carbons (Fsp3) is 0.192. The molecule has 0 saturated carbocycles. The van der Waals surface area contributed by atoms with Crippen LogP contribution in [0.5, 0.6) is 0 Å². The van der Waals surface area contributed by atoms with Gasteiger partial charge in [0, 0.05) is 22.0 Å². The number of aryl methyl sites for hydroxylation is 2. The van der Waals surface area contributed by atoms with Gasteiger partial charge in [-0.1, -0.05) is 17.7 Å². The first-order valence-electron chi connectivity index (χ1n) is 10.7. The van der Waals surface area contributed by atoms with Crippen LogP contribution in [0.1, 0.15) is 16.8 Å². The number of benzene rings is 3. The van der Waals surface area contributed by atoms with E-state index >= 15 is 0 Å². The highest BCUT2D eigenvalue weighted by atomic mass is 19.4. The monoisotopic (exact) mass is 467 g/mol. The Kier molecular flexibility index (Phi) is 5.02. The van der Waals surface area contributed by atoms with E-state index in [9.17, 15) is 22.7 Å². The van der Waals surface area contributed by atoms with E-state index in [4.69, 9.17) is 0 Å². The van der Waals surface area contributed by atoms with Gasteiger partial charge in [-0.15, -0.1) is 0 Å². The average Bonchev–Trinajstić information content (AvgIpc) is 3.33. The van der Waals surface area contributed by atoms with Crippen molar-refractivity contribution in [3.63, 3.8) is 0 Å². The maximum Gasteiger partial charge on any atom is 0.423 e. The van der Waals surface area contributed by atoms with E-state index in [1.807, 2.05) is 25.1 Å². The molecule has 0 fully saturated rings. The Labute approximate surface area is 192 Å². The standard InChI is InChI=1S/C26H21F4N3O/c1-16-3-9-23-18(11-16)12-17(2)32(23)15-25(34,26(28,29)30)20-4-10-24-19(13-20)14-31-33(24)22-7-5-21(27)6-8-22/h3-14,34H,15H2,1-2H3. The molecular weight excluding hydrogens is 446 g/mol. The van der Waals surface area contributed by atoms with Crippen molar-refractivity contribution in [2.24, 2.45) is 0 Å². The normalized spacial score (nSPS) is 14.1. The first-order valence-corrected chi connectivity index (χ1v) is 10.7. The van der Waals surface area contributed by atoms with Crippen molar-refractivity contribution >= 4 is 21.8 Å². The summed E-state index contributed by atoms with van der Waals surface area (Å²) in [5, 5.41) is 16.6. The fourth-order valence-electron chi connectivity index (χ4n) is 4.39. The zero-order valence-electron chi connectivity index (χ0n) is 18.4. The summed E-state index contributed by atoms with van der Waals surface area (Å²) in [5.74, 6) is -0.402. The van der Waals surface area contributed by atoms with Crippen LogP contribution in [-0.4, -0.2) is 25.6 Å². The highest BCUT2D eigenvalue weighted by Crippen LogP contribution is 2.42. The summed E-state index contributed by atoms with van der Waals surface area (Å²) in [7, 11) is 0. The summed E-state index contributed by atoms with van der Waals surface area (Å²) >= 11 is 0. The molecule has 4 nitrogen and oxygen atoms in total. The minimum Gasteiger partial charge on any atom is -0.375 e. The van der Waals surface area contributed by atoms with E-state index in [0.717, 1.165) is 10.9 Å². The van der Waals surface area contributed by atoms with Gasteiger partial charge in [0.2, 0.25) is 5.60 Å². The van der Waals surface area contributed by atoms with Crippen LogP contribution >= 0.6 is 0 Å². The molecule has 1 atom stereocenters. The third-order valence-electron chi connectivity index (χ3n) is 6.24. The molecule has 0 saturated heterocycles. The van der Waals surface area contributed by atoms with Crippen molar-refractivity contribution < 1.29 is 22.7 Å². The second-order valence-electron chi connectivity index (χ2n) is 8.60. The predicted octanol–water partition coefficient (Wildman–Crippen LogP) is 6.19. The van der Waals surface area contributed by atoms with Crippen molar-refractivity contribution in [2.45, 2.75) is 32.2 Å². The minimum atomic E-state index is -4.93. The summed E-state index contributed by atoms with van der Waals surface area (Å²) in [5.41, 5.74) is -0.0536. The van der Waals surface area contributed by atoms with Crippen LogP contribution in [0.25, 0.3) is 27.5 Å². The zero-order valence-corrected chi connectivity index (χ0v) is 18.4. The summed E-state index contributed by atoms with van der Waals surface area (Å²) < 4.78 is 59.4. The van der Waals surface area contributed by atoms with E-state index in [-0.39, 0.29) is 5.56 Å². The molecule has 0 amide bonds. The zero-order chi connectivity index (χ0) is 24.3. The molecule has 1 N–H and O–H groups in total. The predicted molar refractivity (Wildman–Crippen MR) is 122 cm³/mol. The molecule has 5 aromatic rings. The first kappa shape index (κ1) is 22.2. The van der Waals surface area contributed by atoms with Gasteiger partial charge in [0.05, 0.1) is 23.9 Å². The lowest BCUT2D eigenvalue weighted by Gasteiger charge is -2.32. The van der Waals surface area contributed by atoms with Gasteiger partial charge >= 0.3 is 6.18 Å². The van der Waals surface area contributed by atoms with Crippen LogP contribution in [0.2, 0.25) is 0 Å². The largest absolute Gasteiger partial charge is 0.423 e. The van der Waals surface area contributed by atoms with Gasteiger partial charge in [0.15, 0.2) is 0 Å². The summed E-state index contributed by atoms with van der Waals surface area (Å²) in [6.07, 6.45) is -3.50. The van der Waals surface area contributed by atoms with Crippen molar-refractivity contribution in [2.75, 3.05) is 0 Å². The second-order valence-corrected chi connectivity index (χ2v) is 8.60. The first-order chi connectivity index (χ1) is 16.1. The van der Waals surface area contributed by atoms with Crippen LogP contribution in [0.4, 0.5) is 17.6 Å². The van der Waals surface area contributed by atoms with Gasteiger partial charge in [-0.2, -0.15) is 18.3 Å². The Hall–Kier alpha value is -3.65. The molecule has 2 heterocycles. The highest BCUT2D eigenvalue weighted by Gasteiger charge is 2.55. The third-order valence-corrected chi connectivity index (χ3v) is 6.24. The van der Waals surface area contributed by atoms with Crippen molar-refractivity contribution in [3.8, 4) is 5.69 Å². The lowest BCUT2D eigenvalue weighted by molar-refractivity contribution is -0.271. The van der Waals surface area contributed by atoms with Gasteiger partial charge in [0.1, 0.15) is 5.82 Å². The van der Waals surface area contributed by atoms with Gasteiger partial charge < -0.3 is 9.67 Å². The van der Waals surface area contributed by atoms with Gasteiger partial charge in [-0.05, 0) is 74.0 Å². The van der Waals surface area contributed by atoms with E-state index < -0.39 is 24.1 Å². The van der Waals surface area contributed by atoms with Crippen molar-refractivity contribution in [3.05, 3.63) is 95.6 Å². The Morgan fingerprint density at radius 1 is 0.853 bits per heavy atom. The molecule has 0 aliphatic carbocycles. The Bertz CT molecular complexity index is 1520. The van der Waals surface area contributed by atoms with Gasteiger partial charge in [0.25, 0.3) is 0 Å². The van der Waals surface area contributed by atoms with Crippen molar-refractivity contribution in [1.29, 1.82) is 0 Å². The summed E-state index contributed by atoms with van der Waals surface area (Å²) in [6, 6.07) is 17.0. The number of halogens is 4. The van der Waals surface area contributed by atoms with E-state index in [2.05, 4.69) is 5.10 Å². The molecule has 2 aromatic heterocycles. The van der Waals surface area contributed by atoms with Gasteiger partial charge in [-0.3, -0.25) is 0 Å². The number of fused-ring (bicyclic) bond motifs is 2. The minimum absolute atomic E-state index is 0.278. The molecule has 3 aromatic carbocycles. The molecule has 0 aliphatic rings. The Morgan fingerprint density at radius 2 is 1.56 bits per heavy atom. The maximum absolute atomic E-state index is 14.4. The summed E-state index contributed by atoms with van der Waals surface area (Å²) in [6.45, 7) is 2.95. The summed E-state index contributed by atoms with van der Waals surface area (Å²) in [4.78, 5) is 0. The second kappa shape index (κ2) is 7.70. The fourth-order valence-corrected chi connectivity index (χ4v) is 4.39. The molecule has 0 radical (unpaired) electrons. The molecular formula is C26H21F4N3O. The van der Waals surface area contributed by atoms with Crippen LogP contribution in [-0.2, 0) is 12.1 Å². The number of aliphatic hydroxyl groups is 1. The topological polar surface area (TPSA) is 43.0 Å². The molecule has 0 bridgehead atoms. The quantitative estimate of drug-likeness (QED) is 0.321. The van der Waals surface area contributed by atoms with Crippen LogP contribution in [0.3, 0.4) is 0 Å². The highest BCUT2D eigenvalue weighted by molar-refractivity contribution is 5.83. The lowest BCUT2D eigenvalue weighted by atomic mass is 9.91. The number of hydrogen-bond donors (Lipinski definition) is 1. The third kappa shape index (κ3) is 3.54. The number of rotatable bonds is 4. The smallest absolute Gasteiger partial charge is 0.375 e. The average molecular weight is 467 g/mol. The van der Waals surface area contributed by atoms with E-state index in [0.29, 0.717) is 27.8 Å². The number of aromatic nitrogens is 3. The van der Waals surface area contributed by atoms with Crippen LogP contribution in [0.15, 0.2) is 72.9 Å². The Morgan fingerprint density at radius 3 is 2.26 bits per heavy atom. The molecule has 0 spiro atoms. The van der Waals surface area contributed by atoms with Gasteiger partial charge in [-0.25, -0.2) is 9.07 Å². The molecule has 0 aliphatic heterocycles. The SMILES string of the molecule is Cc1ccc2c(c1)cc(C)n2CC(O)(c1ccc2c(cnn2-c2ccc(F)cc2)c1)C(F)(F)F. The van der Waals surface area contributed by atoms with Crippen LogP contribution in [0, 0.1) is 19.7 Å². The number of nitrogens with zero attached hydrogens (tertiary/aromatic N) is 3. The maximum atomic E-state index is 14.4. The molecule has 174 valence electrons.